The number of pyridine rings is 1. The van der Waals surface area contributed by atoms with E-state index in [0.29, 0.717) is 29.8 Å². The molecule has 1 fully saturated rings. The molecular weight excluding hydrogens is 410 g/mol. The molecule has 2 aromatic carbocycles. The van der Waals surface area contributed by atoms with Crippen molar-refractivity contribution in [1.82, 2.24) is 14.8 Å². The Morgan fingerprint density at radius 3 is 2.06 bits per heavy atom. The highest BCUT2D eigenvalue weighted by Crippen LogP contribution is 2.43. The molecule has 168 valence electrons. The van der Waals surface area contributed by atoms with E-state index >= 15 is 0 Å². The average molecular weight is 440 g/mol. The summed E-state index contributed by atoms with van der Waals surface area (Å²) in [6.45, 7) is 7.92. The Balaban J connectivity index is 1.46. The molecule has 0 N–H and O–H groups in total. The maximum atomic E-state index is 13.9. The van der Waals surface area contributed by atoms with Gasteiger partial charge < -0.3 is 0 Å². The van der Waals surface area contributed by atoms with Crippen molar-refractivity contribution in [3.63, 3.8) is 0 Å². The van der Waals surface area contributed by atoms with Crippen molar-refractivity contribution in [1.29, 1.82) is 0 Å². The van der Waals surface area contributed by atoms with Crippen LogP contribution in [-0.4, -0.2) is 52.5 Å². The van der Waals surface area contributed by atoms with Gasteiger partial charge in [-0.05, 0) is 30.0 Å². The largest absolute Gasteiger partial charge is 0.297 e. The minimum absolute atomic E-state index is 0.125. The Morgan fingerprint density at radius 2 is 1.45 bits per heavy atom. The van der Waals surface area contributed by atoms with E-state index in [-0.39, 0.29) is 11.6 Å². The summed E-state index contributed by atoms with van der Waals surface area (Å²) >= 11 is 0. The van der Waals surface area contributed by atoms with Crippen LogP contribution in [0.1, 0.15) is 49.9 Å². The zero-order valence-electron chi connectivity index (χ0n) is 19.3. The van der Waals surface area contributed by atoms with Gasteiger partial charge in [0.2, 0.25) is 0 Å². The highest BCUT2D eigenvalue weighted by Gasteiger charge is 2.58. The minimum atomic E-state index is -1.32. The fourth-order valence-electron chi connectivity index (χ4n) is 5.40. The van der Waals surface area contributed by atoms with E-state index in [1.165, 1.54) is 11.1 Å². The Labute approximate surface area is 195 Å². The maximum absolute atomic E-state index is 13.9. The van der Waals surface area contributed by atoms with E-state index in [1.807, 2.05) is 25.1 Å². The number of carbonyl (C=O) groups excluding carboxylic acids is 2. The van der Waals surface area contributed by atoms with Gasteiger partial charge in [-0.2, -0.15) is 0 Å². The van der Waals surface area contributed by atoms with Crippen molar-refractivity contribution in [2.75, 3.05) is 26.2 Å². The van der Waals surface area contributed by atoms with Gasteiger partial charge in [-0.1, -0.05) is 61.5 Å². The molecule has 3 aromatic rings. The minimum Gasteiger partial charge on any atom is -0.297 e. The zero-order chi connectivity index (χ0) is 23.0. The lowest BCUT2D eigenvalue weighted by Crippen LogP contribution is -2.60. The van der Waals surface area contributed by atoms with E-state index in [0.717, 1.165) is 31.6 Å². The van der Waals surface area contributed by atoms with E-state index in [4.69, 9.17) is 0 Å². The standard InChI is InChI=1S/C28H29N3O2/c1-3-21-8-4-5-9-22(21)19-30-12-14-31(15-13-30)28(23-16-20(2)17-29-18-23)26(32)24-10-6-7-11-25(24)27(28)33/h4-11,16-18H,3,12-15,19H2,1-2H3. The summed E-state index contributed by atoms with van der Waals surface area (Å²) in [5, 5.41) is 0. The van der Waals surface area contributed by atoms with Crippen LogP contribution in [0.4, 0.5) is 0 Å². The van der Waals surface area contributed by atoms with Crippen LogP contribution in [0.5, 0.6) is 0 Å². The van der Waals surface area contributed by atoms with Crippen LogP contribution in [0, 0.1) is 6.92 Å². The van der Waals surface area contributed by atoms with E-state index in [2.05, 4.69) is 46.0 Å². The number of aryl methyl sites for hydroxylation is 2. The fourth-order valence-corrected chi connectivity index (χ4v) is 5.40. The van der Waals surface area contributed by atoms with Crippen LogP contribution in [0.2, 0.25) is 0 Å². The number of piperazine rings is 1. The van der Waals surface area contributed by atoms with Gasteiger partial charge in [0.1, 0.15) is 0 Å². The number of Topliss-reactive ketones (excluding diaryl/α,β-unsaturated/α-hetero) is 2. The van der Waals surface area contributed by atoms with Crippen LogP contribution in [0.25, 0.3) is 0 Å². The molecular formula is C28H29N3O2. The number of hydrogen-bond acceptors (Lipinski definition) is 5. The topological polar surface area (TPSA) is 53.5 Å². The van der Waals surface area contributed by atoms with E-state index in [9.17, 15) is 9.59 Å². The monoisotopic (exact) mass is 439 g/mol. The SMILES string of the molecule is CCc1ccccc1CN1CCN(C2(c3cncc(C)c3)C(=O)c3ccccc3C2=O)CC1. The first-order valence-corrected chi connectivity index (χ1v) is 11.7. The fraction of sp³-hybridized carbons (Fsp3) is 0.321. The number of benzene rings is 2. The molecule has 33 heavy (non-hydrogen) atoms. The molecule has 2 heterocycles. The van der Waals surface area contributed by atoms with Crippen LogP contribution >= 0.6 is 0 Å². The first-order chi connectivity index (χ1) is 16.1. The third-order valence-corrected chi connectivity index (χ3v) is 7.11. The van der Waals surface area contributed by atoms with Crippen molar-refractivity contribution >= 4 is 11.6 Å². The van der Waals surface area contributed by atoms with Crippen molar-refractivity contribution in [2.24, 2.45) is 0 Å². The van der Waals surface area contributed by atoms with Gasteiger partial charge in [0, 0.05) is 61.8 Å². The number of aromatic nitrogens is 1. The molecule has 0 amide bonds. The number of fused-ring (bicyclic) bond motifs is 1. The summed E-state index contributed by atoms with van der Waals surface area (Å²) in [4.78, 5) is 36.6. The summed E-state index contributed by atoms with van der Waals surface area (Å²) in [6, 6.07) is 17.7. The summed E-state index contributed by atoms with van der Waals surface area (Å²) in [6.07, 6.45) is 4.47. The van der Waals surface area contributed by atoms with E-state index < -0.39 is 5.54 Å². The second-order valence-corrected chi connectivity index (χ2v) is 9.05. The number of nitrogens with zero attached hydrogens (tertiary/aromatic N) is 3. The van der Waals surface area contributed by atoms with Gasteiger partial charge in [0.25, 0.3) is 0 Å². The summed E-state index contributed by atoms with van der Waals surface area (Å²) in [7, 11) is 0. The first kappa shape index (κ1) is 21.7. The number of carbonyl (C=O) groups is 2. The Hall–Kier alpha value is -3.15. The van der Waals surface area contributed by atoms with Gasteiger partial charge >= 0.3 is 0 Å². The molecule has 0 atom stereocenters. The third kappa shape index (κ3) is 3.52. The predicted molar refractivity (Wildman–Crippen MR) is 128 cm³/mol. The van der Waals surface area contributed by atoms with Gasteiger partial charge in [0.15, 0.2) is 17.1 Å². The first-order valence-electron chi connectivity index (χ1n) is 11.7. The molecule has 0 bridgehead atoms. The Morgan fingerprint density at radius 1 is 0.848 bits per heavy atom. The lowest BCUT2D eigenvalue weighted by atomic mass is 9.82. The quantitative estimate of drug-likeness (QED) is 0.562. The molecule has 2 aliphatic rings. The zero-order valence-corrected chi connectivity index (χ0v) is 19.3. The molecule has 1 saturated heterocycles. The highest BCUT2D eigenvalue weighted by molar-refractivity contribution is 6.32. The molecule has 5 nitrogen and oxygen atoms in total. The summed E-state index contributed by atoms with van der Waals surface area (Å²) in [5.41, 5.74) is 4.06. The normalized spacial score (nSPS) is 18.5. The predicted octanol–water partition coefficient (Wildman–Crippen LogP) is 4.04. The van der Waals surface area contributed by atoms with Crippen molar-refractivity contribution in [3.05, 3.63) is 100 Å². The average Bonchev–Trinajstić information content (AvgIpc) is 3.08. The number of ketones is 2. The molecule has 0 spiro atoms. The lowest BCUT2D eigenvalue weighted by Gasteiger charge is -2.44. The summed E-state index contributed by atoms with van der Waals surface area (Å²) < 4.78 is 0. The second-order valence-electron chi connectivity index (χ2n) is 9.05. The van der Waals surface area contributed by atoms with Crippen LogP contribution < -0.4 is 0 Å². The molecule has 5 rings (SSSR count). The van der Waals surface area contributed by atoms with Crippen molar-refractivity contribution < 1.29 is 9.59 Å². The molecule has 1 aromatic heterocycles. The molecule has 0 unspecified atom stereocenters. The van der Waals surface area contributed by atoms with Crippen LogP contribution in [0.3, 0.4) is 0 Å². The van der Waals surface area contributed by atoms with Crippen LogP contribution in [0.15, 0.2) is 67.0 Å². The molecule has 1 aliphatic heterocycles. The van der Waals surface area contributed by atoms with Crippen molar-refractivity contribution in [3.8, 4) is 0 Å². The maximum Gasteiger partial charge on any atom is 0.196 e. The van der Waals surface area contributed by atoms with Gasteiger partial charge in [0.05, 0.1) is 0 Å². The van der Waals surface area contributed by atoms with Crippen LogP contribution in [-0.2, 0) is 18.5 Å². The highest BCUT2D eigenvalue weighted by atomic mass is 16.2. The lowest BCUT2D eigenvalue weighted by molar-refractivity contribution is 0.0278. The van der Waals surface area contributed by atoms with Gasteiger partial charge in [-0.25, -0.2) is 0 Å². The Bertz CT molecular complexity index is 1180. The summed E-state index contributed by atoms with van der Waals surface area (Å²) in [5.74, 6) is -0.249. The van der Waals surface area contributed by atoms with Gasteiger partial charge in [-0.15, -0.1) is 0 Å². The third-order valence-electron chi connectivity index (χ3n) is 7.11. The van der Waals surface area contributed by atoms with Crippen molar-refractivity contribution in [2.45, 2.75) is 32.4 Å². The number of rotatable bonds is 5. The van der Waals surface area contributed by atoms with E-state index in [1.54, 1.807) is 24.5 Å². The van der Waals surface area contributed by atoms with Gasteiger partial charge in [-0.3, -0.25) is 24.4 Å². The molecule has 1 aliphatic carbocycles. The molecule has 0 saturated carbocycles. The number of hydrogen-bond donors (Lipinski definition) is 0. The molecule has 0 radical (unpaired) electrons. The molecule has 5 heteroatoms. The smallest absolute Gasteiger partial charge is 0.196 e. The Kier molecular flexibility index (Phi) is 5.69. The second kappa shape index (κ2) is 8.65.